The number of nitrogens with zero attached hydrogens (tertiary/aromatic N) is 2. The molecule has 0 bridgehead atoms. The van der Waals surface area contributed by atoms with Gasteiger partial charge in [-0.05, 0) is 44.0 Å². The van der Waals surface area contributed by atoms with Crippen molar-refractivity contribution in [1.29, 1.82) is 0 Å². The second kappa shape index (κ2) is 6.55. The Bertz CT molecular complexity index is 473. The molecule has 1 aromatic carbocycles. The number of aryl methyl sites for hydroxylation is 1. The van der Waals surface area contributed by atoms with E-state index in [1.165, 1.54) is 18.4 Å². The second-order valence-corrected chi connectivity index (χ2v) is 5.23. The summed E-state index contributed by atoms with van der Waals surface area (Å²) in [7, 11) is 0. The van der Waals surface area contributed by atoms with E-state index in [1.807, 2.05) is 12.4 Å². The lowest BCUT2D eigenvalue weighted by atomic mass is 10.2. The van der Waals surface area contributed by atoms with Crippen molar-refractivity contribution in [1.82, 2.24) is 14.9 Å². The molecule has 2 rings (SSSR count). The first-order valence-corrected chi connectivity index (χ1v) is 6.88. The largest absolute Gasteiger partial charge is 0.331 e. The van der Waals surface area contributed by atoms with Gasteiger partial charge in [0, 0.05) is 6.54 Å². The van der Waals surface area contributed by atoms with Crippen LogP contribution in [-0.4, -0.2) is 22.6 Å². The molecule has 0 atom stereocenters. The maximum Gasteiger partial charge on any atom is 0.0958 e. The number of hydrogen-bond donors (Lipinski definition) is 1. The highest BCUT2D eigenvalue weighted by atomic mass is 15.0. The van der Waals surface area contributed by atoms with E-state index < -0.39 is 0 Å². The molecule has 3 heteroatoms. The fourth-order valence-corrected chi connectivity index (χ4v) is 2.11. The molecule has 0 spiro atoms. The molecule has 0 aliphatic rings. The lowest BCUT2D eigenvalue weighted by molar-refractivity contribution is 0.522. The van der Waals surface area contributed by atoms with Crippen LogP contribution in [0.15, 0.2) is 30.6 Å². The lowest BCUT2D eigenvalue weighted by Gasteiger charge is -2.07. The van der Waals surface area contributed by atoms with Crippen LogP contribution in [-0.2, 0) is 6.54 Å². The number of imidazole rings is 1. The van der Waals surface area contributed by atoms with Crippen LogP contribution in [0.2, 0.25) is 0 Å². The van der Waals surface area contributed by atoms with Gasteiger partial charge in [-0.25, -0.2) is 4.98 Å². The van der Waals surface area contributed by atoms with Crippen molar-refractivity contribution < 1.29 is 0 Å². The number of hydrogen-bond acceptors (Lipinski definition) is 2. The highest BCUT2D eigenvalue weighted by molar-refractivity contribution is 5.74. The molecule has 0 saturated heterocycles. The molecule has 1 aromatic heterocycles. The van der Waals surface area contributed by atoms with Crippen molar-refractivity contribution in [3.63, 3.8) is 0 Å². The lowest BCUT2D eigenvalue weighted by Crippen LogP contribution is -2.20. The molecule has 0 amide bonds. The predicted octanol–water partition coefficient (Wildman–Crippen LogP) is 3.06. The number of aromatic nitrogens is 2. The summed E-state index contributed by atoms with van der Waals surface area (Å²) in [5, 5.41) is 3.48. The molecular weight excluding hydrogens is 222 g/mol. The summed E-state index contributed by atoms with van der Waals surface area (Å²) in [6.45, 7) is 7.78. The van der Waals surface area contributed by atoms with Crippen LogP contribution in [0.3, 0.4) is 0 Å². The van der Waals surface area contributed by atoms with Crippen LogP contribution < -0.4 is 5.32 Å². The Balaban J connectivity index is 1.74. The van der Waals surface area contributed by atoms with Gasteiger partial charge in [0.25, 0.3) is 0 Å². The Morgan fingerprint density at radius 1 is 1.22 bits per heavy atom. The molecule has 0 fully saturated rings. The third kappa shape index (κ3) is 3.57. The van der Waals surface area contributed by atoms with Crippen LogP contribution in [0.1, 0.15) is 26.7 Å². The predicted molar refractivity (Wildman–Crippen MR) is 76.7 cm³/mol. The van der Waals surface area contributed by atoms with E-state index in [4.69, 9.17) is 0 Å². The van der Waals surface area contributed by atoms with Crippen LogP contribution in [0.4, 0.5) is 0 Å². The standard InChI is InChI=1S/C15H23N3/c1-13(2)11-16-9-5-6-10-18-12-17-14-7-3-4-8-15(14)18/h3-4,7-8,12-13,16H,5-6,9-11H2,1-2H3. The molecule has 1 N–H and O–H groups in total. The molecule has 18 heavy (non-hydrogen) atoms. The molecule has 0 radical (unpaired) electrons. The van der Waals surface area contributed by atoms with E-state index in [-0.39, 0.29) is 0 Å². The average molecular weight is 245 g/mol. The van der Waals surface area contributed by atoms with Crippen molar-refractivity contribution in [2.24, 2.45) is 5.92 Å². The Morgan fingerprint density at radius 2 is 2.06 bits per heavy atom. The molecule has 98 valence electrons. The van der Waals surface area contributed by atoms with Crippen LogP contribution in [0, 0.1) is 5.92 Å². The fraction of sp³-hybridized carbons (Fsp3) is 0.533. The second-order valence-electron chi connectivity index (χ2n) is 5.23. The van der Waals surface area contributed by atoms with Gasteiger partial charge < -0.3 is 9.88 Å². The Hall–Kier alpha value is -1.35. The first-order valence-electron chi connectivity index (χ1n) is 6.88. The molecule has 2 aromatic rings. The zero-order valence-electron chi connectivity index (χ0n) is 11.4. The van der Waals surface area contributed by atoms with Crippen molar-refractivity contribution >= 4 is 11.0 Å². The number of benzene rings is 1. The van der Waals surface area contributed by atoms with E-state index in [1.54, 1.807) is 0 Å². The fourth-order valence-electron chi connectivity index (χ4n) is 2.11. The summed E-state index contributed by atoms with van der Waals surface area (Å²) >= 11 is 0. The van der Waals surface area contributed by atoms with Gasteiger partial charge in [0.05, 0.1) is 17.4 Å². The van der Waals surface area contributed by atoms with Gasteiger partial charge in [-0.3, -0.25) is 0 Å². The quantitative estimate of drug-likeness (QED) is 0.760. The van der Waals surface area contributed by atoms with E-state index >= 15 is 0 Å². The van der Waals surface area contributed by atoms with E-state index in [2.05, 4.69) is 46.9 Å². The Morgan fingerprint density at radius 3 is 2.89 bits per heavy atom. The van der Waals surface area contributed by atoms with Crippen molar-refractivity contribution in [3.8, 4) is 0 Å². The van der Waals surface area contributed by atoms with Gasteiger partial charge in [0.1, 0.15) is 0 Å². The molecule has 0 saturated carbocycles. The highest BCUT2D eigenvalue weighted by Crippen LogP contribution is 2.12. The van der Waals surface area contributed by atoms with Crippen LogP contribution in [0.5, 0.6) is 0 Å². The number of para-hydroxylation sites is 2. The average Bonchev–Trinajstić information content (AvgIpc) is 2.77. The maximum atomic E-state index is 4.40. The van der Waals surface area contributed by atoms with Crippen molar-refractivity contribution in [2.45, 2.75) is 33.2 Å². The number of fused-ring (bicyclic) bond motifs is 1. The van der Waals surface area contributed by atoms with Gasteiger partial charge in [0.15, 0.2) is 0 Å². The summed E-state index contributed by atoms with van der Waals surface area (Å²) in [5.74, 6) is 0.739. The van der Waals surface area contributed by atoms with Crippen LogP contribution >= 0.6 is 0 Å². The molecule has 3 nitrogen and oxygen atoms in total. The Kier molecular flexibility index (Phi) is 4.76. The zero-order chi connectivity index (χ0) is 12.8. The van der Waals surface area contributed by atoms with E-state index in [9.17, 15) is 0 Å². The first kappa shape index (κ1) is 13.1. The summed E-state index contributed by atoms with van der Waals surface area (Å²) in [6, 6.07) is 8.32. The maximum absolute atomic E-state index is 4.40. The minimum atomic E-state index is 0.739. The SMILES string of the molecule is CC(C)CNCCCCn1cnc2ccccc21. The van der Waals surface area contributed by atoms with Crippen molar-refractivity contribution in [3.05, 3.63) is 30.6 Å². The van der Waals surface area contributed by atoms with Crippen LogP contribution in [0.25, 0.3) is 11.0 Å². The summed E-state index contributed by atoms with van der Waals surface area (Å²) in [4.78, 5) is 4.40. The first-order chi connectivity index (χ1) is 8.77. The minimum Gasteiger partial charge on any atom is -0.331 e. The highest BCUT2D eigenvalue weighted by Gasteiger charge is 2.00. The van der Waals surface area contributed by atoms with Gasteiger partial charge in [-0.1, -0.05) is 26.0 Å². The van der Waals surface area contributed by atoms with Gasteiger partial charge in [-0.15, -0.1) is 0 Å². The topological polar surface area (TPSA) is 29.9 Å². The monoisotopic (exact) mass is 245 g/mol. The molecule has 0 aliphatic carbocycles. The third-order valence-electron chi connectivity index (χ3n) is 3.08. The summed E-state index contributed by atoms with van der Waals surface area (Å²) in [6.07, 6.45) is 4.37. The van der Waals surface area contributed by atoms with Crippen molar-refractivity contribution in [2.75, 3.05) is 13.1 Å². The van der Waals surface area contributed by atoms with E-state index in [0.29, 0.717) is 0 Å². The number of unbranched alkanes of at least 4 members (excludes halogenated alkanes) is 1. The van der Waals surface area contributed by atoms with Gasteiger partial charge >= 0.3 is 0 Å². The zero-order valence-corrected chi connectivity index (χ0v) is 11.4. The normalized spacial score (nSPS) is 11.5. The molecule has 1 heterocycles. The number of rotatable bonds is 7. The smallest absolute Gasteiger partial charge is 0.0958 e. The van der Waals surface area contributed by atoms with E-state index in [0.717, 1.165) is 31.1 Å². The minimum absolute atomic E-state index is 0.739. The summed E-state index contributed by atoms with van der Waals surface area (Å²) < 4.78 is 2.25. The van der Waals surface area contributed by atoms with Gasteiger partial charge in [-0.2, -0.15) is 0 Å². The molecule has 0 unspecified atom stereocenters. The number of nitrogens with one attached hydrogen (secondary N) is 1. The molecular formula is C15H23N3. The Labute approximate surface area is 109 Å². The summed E-state index contributed by atoms with van der Waals surface area (Å²) in [5.41, 5.74) is 2.34. The third-order valence-corrected chi connectivity index (χ3v) is 3.08. The van der Waals surface area contributed by atoms with Gasteiger partial charge in [0.2, 0.25) is 0 Å². The molecule has 0 aliphatic heterocycles.